The fraction of sp³-hybridized carbons (Fsp3) is 0.303. The van der Waals surface area contributed by atoms with Crippen molar-refractivity contribution in [1.29, 1.82) is 0 Å². The Kier molecular flexibility index (Phi) is 8.03. The number of pyridine rings is 1. The van der Waals surface area contributed by atoms with Crippen molar-refractivity contribution in [2.45, 2.75) is 59.5 Å². The third kappa shape index (κ3) is 5.39. The topological polar surface area (TPSA) is 62.2 Å². The van der Waals surface area contributed by atoms with Gasteiger partial charge in [0.25, 0.3) is 0 Å². The zero-order valence-electron chi connectivity index (χ0n) is 23.9. The molecule has 0 radical (unpaired) electrons. The quantitative estimate of drug-likeness (QED) is 0.240. The van der Waals surface area contributed by atoms with Crippen molar-refractivity contribution in [3.05, 3.63) is 112 Å². The van der Waals surface area contributed by atoms with E-state index in [2.05, 4.69) is 82.3 Å². The fourth-order valence-electron chi connectivity index (χ4n) is 5.78. The molecule has 7 heteroatoms. The Labute approximate surface area is 242 Å². The van der Waals surface area contributed by atoms with Crippen LogP contribution >= 0.6 is 12.2 Å². The van der Waals surface area contributed by atoms with Crippen LogP contribution < -0.4 is 10.6 Å². The summed E-state index contributed by atoms with van der Waals surface area (Å²) in [7, 11) is 0. The number of hydrogen-bond donors (Lipinski definition) is 2. The van der Waals surface area contributed by atoms with Crippen LogP contribution in [0.25, 0.3) is 5.69 Å². The number of rotatable bonds is 8. The van der Waals surface area contributed by atoms with Gasteiger partial charge in [-0.25, -0.2) is 0 Å². The number of carbonyl (C=O) groups excluding carboxylic acids is 1. The van der Waals surface area contributed by atoms with Crippen molar-refractivity contribution in [3.63, 3.8) is 0 Å². The lowest BCUT2D eigenvalue weighted by molar-refractivity contribution is -0.116. The molecule has 2 aromatic carbocycles. The zero-order chi connectivity index (χ0) is 28.4. The van der Waals surface area contributed by atoms with Crippen LogP contribution in [0.5, 0.6) is 0 Å². The minimum atomic E-state index is -0.133. The lowest BCUT2D eigenvalue weighted by atomic mass is 9.96. The molecule has 40 heavy (non-hydrogen) atoms. The molecule has 2 atom stereocenters. The number of nitrogens with zero attached hydrogens (tertiary/aromatic N) is 3. The molecule has 0 spiro atoms. The smallest absolute Gasteiger partial charge is 0.226 e. The molecule has 0 bridgehead atoms. The molecular formula is C33H37N5OS. The first-order chi connectivity index (χ1) is 19.3. The van der Waals surface area contributed by atoms with Crippen LogP contribution in [0.4, 0.5) is 5.69 Å². The van der Waals surface area contributed by atoms with Crippen molar-refractivity contribution >= 4 is 28.9 Å². The molecule has 206 valence electrons. The highest BCUT2D eigenvalue weighted by Crippen LogP contribution is 2.41. The van der Waals surface area contributed by atoms with Crippen molar-refractivity contribution in [3.8, 4) is 5.69 Å². The van der Waals surface area contributed by atoms with Crippen molar-refractivity contribution in [2.24, 2.45) is 0 Å². The Morgan fingerprint density at radius 3 is 2.55 bits per heavy atom. The molecule has 3 heterocycles. The zero-order valence-corrected chi connectivity index (χ0v) is 24.7. The summed E-state index contributed by atoms with van der Waals surface area (Å²) in [6.45, 7) is 11.1. The van der Waals surface area contributed by atoms with E-state index < -0.39 is 0 Å². The Balaban J connectivity index is 1.48. The Morgan fingerprint density at radius 1 is 1.02 bits per heavy atom. The number of aromatic nitrogens is 2. The van der Waals surface area contributed by atoms with Crippen molar-refractivity contribution in [2.75, 3.05) is 11.9 Å². The molecule has 2 N–H and O–H groups in total. The van der Waals surface area contributed by atoms with Crippen LogP contribution in [0.15, 0.2) is 72.9 Å². The maximum atomic E-state index is 13.1. The average molecular weight is 552 g/mol. The van der Waals surface area contributed by atoms with Crippen molar-refractivity contribution < 1.29 is 4.79 Å². The van der Waals surface area contributed by atoms with E-state index in [1.165, 1.54) is 28.2 Å². The minimum Gasteiger partial charge on any atom is -0.352 e. The molecule has 0 saturated carbocycles. The van der Waals surface area contributed by atoms with E-state index in [0.717, 1.165) is 28.9 Å². The second-order valence-corrected chi connectivity index (χ2v) is 11.0. The fourth-order valence-corrected chi connectivity index (χ4v) is 6.11. The molecule has 4 aromatic rings. The molecule has 1 aliphatic rings. The maximum absolute atomic E-state index is 13.1. The van der Waals surface area contributed by atoms with Gasteiger partial charge in [-0.1, -0.05) is 43.3 Å². The summed E-state index contributed by atoms with van der Waals surface area (Å²) >= 11 is 5.88. The molecule has 5 rings (SSSR count). The van der Waals surface area contributed by atoms with Crippen LogP contribution in [0, 0.1) is 27.7 Å². The number of para-hydroxylation sites is 1. The number of carbonyl (C=O) groups is 1. The third-order valence-corrected chi connectivity index (χ3v) is 8.20. The average Bonchev–Trinajstić information content (AvgIpc) is 3.44. The predicted octanol–water partition coefficient (Wildman–Crippen LogP) is 6.67. The van der Waals surface area contributed by atoms with Crippen LogP contribution in [0.1, 0.15) is 64.8 Å². The molecule has 1 aliphatic heterocycles. The SMILES string of the molecule is CCc1ccccc1-n1c(C)cc(C2C(c3ccccn3)NC(=S)N2CCC(=O)Nc2cc(C)ccc2C)c1C. The van der Waals surface area contributed by atoms with Gasteiger partial charge in [-0.05, 0) is 98.9 Å². The lowest BCUT2D eigenvalue weighted by Crippen LogP contribution is -2.33. The molecule has 2 aromatic heterocycles. The number of amides is 1. The summed E-state index contributed by atoms with van der Waals surface area (Å²) in [6.07, 6.45) is 3.09. The molecule has 6 nitrogen and oxygen atoms in total. The number of anilines is 1. The van der Waals surface area contributed by atoms with E-state index in [-0.39, 0.29) is 18.0 Å². The van der Waals surface area contributed by atoms with E-state index in [4.69, 9.17) is 12.2 Å². The summed E-state index contributed by atoms with van der Waals surface area (Å²) < 4.78 is 2.34. The predicted molar refractivity (Wildman–Crippen MR) is 166 cm³/mol. The number of nitrogens with one attached hydrogen (secondary N) is 2. The van der Waals surface area contributed by atoms with E-state index in [1.807, 2.05) is 50.4 Å². The van der Waals surface area contributed by atoms with Gasteiger partial charge in [0.1, 0.15) is 0 Å². The highest BCUT2D eigenvalue weighted by molar-refractivity contribution is 7.80. The Hall–Kier alpha value is -3.97. The van der Waals surface area contributed by atoms with Gasteiger partial charge in [0.2, 0.25) is 5.91 Å². The summed E-state index contributed by atoms with van der Waals surface area (Å²) in [5, 5.41) is 7.27. The van der Waals surface area contributed by atoms with Crippen LogP contribution in [0.3, 0.4) is 0 Å². The standard InChI is InChI=1S/C33H37N5OS/c1-6-25-11-7-8-13-29(25)38-23(4)20-26(24(38)5)32-31(27-12-9-10-17-34-27)36-33(40)37(32)18-16-30(39)35-28-19-21(2)14-15-22(28)3/h7-15,17,19-20,31-32H,6,16,18H2,1-5H3,(H,35,39)(H,36,40). The van der Waals surface area contributed by atoms with Gasteiger partial charge in [-0.15, -0.1) is 0 Å². The second kappa shape index (κ2) is 11.6. The molecule has 1 amide bonds. The largest absolute Gasteiger partial charge is 0.352 e. The highest BCUT2D eigenvalue weighted by atomic mass is 32.1. The highest BCUT2D eigenvalue weighted by Gasteiger charge is 2.41. The molecule has 1 saturated heterocycles. The van der Waals surface area contributed by atoms with Gasteiger partial charge in [-0.3, -0.25) is 9.78 Å². The van der Waals surface area contributed by atoms with Gasteiger partial charge in [-0.2, -0.15) is 0 Å². The van der Waals surface area contributed by atoms with E-state index in [0.29, 0.717) is 18.1 Å². The Morgan fingerprint density at radius 2 is 1.80 bits per heavy atom. The summed E-state index contributed by atoms with van der Waals surface area (Å²) in [5.41, 5.74) is 9.96. The number of thiocarbonyl (C=S) groups is 1. The van der Waals surface area contributed by atoms with Crippen LogP contribution in [0.2, 0.25) is 0 Å². The lowest BCUT2D eigenvalue weighted by Gasteiger charge is -2.28. The maximum Gasteiger partial charge on any atom is 0.226 e. The van der Waals surface area contributed by atoms with E-state index in [9.17, 15) is 4.79 Å². The molecular weight excluding hydrogens is 514 g/mol. The summed E-state index contributed by atoms with van der Waals surface area (Å²) in [4.78, 5) is 19.9. The van der Waals surface area contributed by atoms with E-state index >= 15 is 0 Å². The van der Waals surface area contributed by atoms with Gasteiger partial charge < -0.3 is 20.1 Å². The minimum absolute atomic E-state index is 0.0288. The molecule has 2 unspecified atom stereocenters. The first-order valence-corrected chi connectivity index (χ1v) is 14.3. The van der Waals surface area contributed by atoms with Crippen LogP contribution in [-0.4, -0.2) is 32.0 Å². The van der Waals surface area contributed by atoms with Gasteiger partial charge in [0, 0.05) is 41.9 Å². The van der Waals surface area contributed by atoms with Gasteiger partial charge in [0.05, 0.1) is 17.8 Å². The van der Waals surface area contributed by atoms with E-state index in [1.54, 1.807) is 0 Å². The number of benzene rings is 2. The first-order valence-electron chi connectivity index (χ1n) is 13.9. The first kappa shape index (κ1) is 27.6. The summed E-state index contributed by atoms with van der Waals surface area (Å²) in [6, 6.07) is 22.7. The monoisotopic (exact) mass is 551 g/mol. The molecule has 0 aliphatic carbocycles. The molecule has 1 fully saturated rings. The number of hydrogen-bond acceptors (Lipinski definition) is 3. The van der Waals surface area contributed by atoms with Gasteiger partial charge >= 0.3 is 0 Å². The second-order valence-electron chi connectivity index (χ2n) is 10.6. The normalized spacial score (nSPS) is 16.7. The Bertz CT molecular complexity index is 1540. The summed E-state index contributed by atoms with van der Waals surface area (Å²) in [5.74, 6) is -0.0288. The third-order valence-electron chi connectivity index (χ3n) is 7.85. The van der Waals surface area contributed by atoms with Gasteiger partial charge in [0.15, 0.2) is 5.11 Å². The van der Waals surface area contributed by atoms with Crippen LogP contribution in [-0.2, 0) is 11.2 Å². The van der Waals surface area contributed by atoms with Crippen molar-refractivity contribution in [1.82, 2.24) is 19.8 Å². The number of aryl methyl sites for hydroxylation is 4.